The van der Waals surface area contributed by atoms with E-state index in [-0.39, 0.29) is 25.4 Å². The van der Waals surface area contributed by atoms with Gasteiger partial charge in [0.15, 0.2) is 6.29 Å². The SMILES string of the molecule is CC(C)(CCO)OCCC(=O)NC(CSCC1O[C@H](O)CC[C@@H]1O)C(=O)O. The van der Waals surface area contributed by atoms with Gasteiger partial charge in [-0.1, -0.05) is 0 Å². The molecule has 0 bridgehead atoms. The van der Waals surface area contributed by atoms with Crippen molar-refractivity contribution in [3.63, 3.8) is 0 Å². The van der Waals surface area contributed by atoms with E-state index in [0.29, 0.717) is 25.0 Å². The molecule has 158 valence electrons. The van der Waals surface area contributed by atoms with Crippen LogP contribution in [-0.2, 0) is 19.1 Å². The first-order valence-corrected chi connectivity index (χ1v) is 10.2. The van der Waals surface area contributed by atoms with Crippen molar-refractivity contribution in [2.24, 2.45) is 0 Å². The highest BCUT2D eigenvalue weighted by Gasteiger charge is 2.29. The van der Waals surface area contributed by atoms with Crippen LogP contribution in [0.25, 0.3) is 0 Å². The van der Waals surface area contributed by atoms with Gasteiger partial charge in [0.2, 0.25) is 5.91 Å². The number of amides is 1. The van der Waals surface area contributed by atoms with Crippen LogP contribution in [0.3, 0.4) is 0 Å². The Morgan fingerprint density at radius 1 is 1.33 bits per heavy atom. The predicted octanol–water partition coefficient (Wildman–Crippen LogP) is -0.285. The minimum atomic E-state index is -1.15. The molecule has 27 heavy (non-hydrogen) atoms. The number of nitrogens with one attached hydrogen (secondary N) is 1. The van der Waals surface area contributed by atoms with Crippen LogP contribution < -0.4 is 5.32 Å². The fourth-order valence-corrected chi connectivity index (χ4v) is 3.65. The summed E-state index contributed by atoms with van der Waals surface area (Å²) in [6.45, 7) is 3.71. The zero-order chi connectivity index (χ0) is 20.4. The second kappa shape index (κ2) is 11.8. The first kappa shape index (κ1) is 24.1. The van der Waals surface area contributed by atoms with E-state index >= 15 is 0 Å². The summed E-state index contributed by atoms with van der Waals surface area (Å²) in [5, 5.41) is 40.0. The summed E-state index contributed by atoms with van der Waals surface area (Å²) in [5.41, 5.74) is -0.553. The maximum atomic E-state index is 12.0. The minimum absolute atomic E-state index is 0.0138. The molecule has 1 amide bonds. The molecule has 0 aromatic carbocycles. The molecule has 1 fully saturated rings. The average molecular weight is 410 g/mol. The third-order valence-corrected chi connectivity index (χ3v) is 5.34. The van der Waals surface area contributed by atoms with Crippen molar-refractivity contribution in [1.82, 2.24) is 5.32 Å². The fraction of sp³-hybridized carbons (Fsp3) is 0.882. The van der Waals surface area contributed by atoms with Crippen LogP contribution in [0.4, 0.5) is 0 Å². The van der Waals surface area contributed by atoms with Gasteiger partial charge >= 0.3 is 5.97 Å². The molecule has 0 spiro atoms. The Labute approximate surface area is 163 Å². The largest absolute Gasteiger partial charge is 0.480 e. The van der Waals surface area contributed by atoms with E-state index in [1.165, 1.54) is 11.8 Å². The highest BCUT2D eigenvalue weighted by atomic mass is 32.2. The van der Waals surface area contributed by atoms with Crippen LogP contribution in [0.2, 0.25) is 0 Å². The zero-order valence-electron chi connectivity index (χ0n) is 15.8. The van der Waals surface area contributed by atoms with Crippen molar-refractivity contribution in [2.45, 2.75) is 69.7 Å². The molecule has 1 aliphatic heterocycles. The molecule has 0 aliphatic carbocycles. The molecule has 5 N–H and O–H groups in total. The van der Waals surface area contributed by atoms with Crippen LogP contribution in [0.5, 0.6) is 0 Å². The number of ether oxygens (including phenoxy) is 2. The number of aliphatic hydroxyl groups excluding tert-OH is 3. The standard InChI is InChI=1S/C17H31NO8S/c1-17(2,6-7-19)25-8-5-14(21)18-11(16(23)24)9-27-10-13-12(20)3-4-15(22)26-13/h11-13,15,19-20,22H,3-10H2,1-2H3,(H,18,21)(H,23,24)/t11?,12-,13?,15-/m0/s1. The quantitative estimate of drug-likeness (QED) is 0.294. The van der Waals surface area contributed by atoms with Gasteiger partial charge in [-0.25, -0.2) is 4.79 Å². The lowest BCUT2D eigenvalue weighted by Crippen LogP contribution is -2.44. The average Bonchev–Trinajstić information content (AvgIpc) is 2.56. The van der Waals surface area contributed by atoms with Gasteiger partial charge in [-0.05, 0) is 26.7 Å². The first-order chi connectivity index (χ1) is 12.6. The summed E-state index contributed by atoms with van der Waals surface area (Å²) in [5.74, 6) is -1.16. The number of carboxylic acid groups (broad SMARTS) is 1. The topological polar surface area (TPSA) is 146 Å². The molecule has 1 rings (SSSR count). The van der Waals surface area contributed by atoms with E-state index < -0.39 is 42.0 Å². The third-order valence-electron chi connectivity index (χ3n) is 4.21. The fourth-order valence-electron chi connectivity index (χ4n) is 2.51. The van der Waals surface area contributed by atoms with E-state index in [2.05, 4.69) is 5.32 Å². The van der Waals surface area contributed by atoms with Gasteiger partial charge in [-0.15, -0.1) is 0 Å². The minimum Gasteiger partial charge on any atom is -0.480 e. The Morgan fingerprint density at radius 2 is 2.04 bits per heavy atom. The van der Waals surface area contributed by atoms with Crippen molar-refractivity contribution < 1.29 is 39.5 Å². The number of thioether (sulfide) groups is 1. The molecular formula is C17H31NO8S. The number of carbonyl (C=O) groups is 2. The molecular weight excluding hydrogens is 378 g/mol. The lowest BCUT2D eigenvalue weighted by atomic mass is 10.1. The van der Waals surface area contributed by atoms with Gasteiger partial charge in [0, 0.05) is 24.5 Å². The summed E-state index contributed by atoms with van der Waals surface area (Å²) >= 11 is 1.23. The van der Waals surface area contributed by atoms with Crippen molar-refractivity contribution >= 4 is 23.6 Å². The van der Waals surface area contributed by atoms with Gasteiger partial charge in [-0.2, -0.15) is 11.8 Å². The van der Waals surface area contributed by atoms with Crippen molar-refractivity contribution in [3.8, 4) is 0 Å². The molecule has 10 heteroatoms. The number of aliphatic hydroxyl groups is 3. The van der Waals surface area contributed by atoms with Crippen molar-refractivity contribution in [3.05, 3.63) is 0 Å². The van der Waals surface area contributed by atoms with Crippen LogP contribution in [0.1, 0.15) is 39.5 Å². The van der Waals surface area contributed by atoms with Gasteiger partial charge in [0.25, 0.3) is 0 Å². The highest BCUT2D eigenvalue weighted by molar-refractivity contribution is 7.99. The Hall–Kier alpha value is -0.910. The Morgan fingerprint density at radius 3 is 2.67 bits per heavy atom. The van der Waals surface area contributed by atoms with Crippen molar-refractivity contribution in [1.29, 1.82) is 0 Å². The third kappa shape index (κ3) is 9.72. The monoisotopic (exact) mass is 409 g/mol. The predicted molar refractivity (Wildman–Crippen MR) is 99.4 cm³/mol. The number of hydrogen-bond donors (Lipinski definition) is 5. The van der Waals surface area contributed by atoms with E-state index in [1.807, 2.05) is 0 Å². The second-order valence-corrected chi connectivity index (χ2v) is 8.18. The first-order valence-electron chi connectivity index (χ1n) is 9.01. The van der Waals surface area contributed by atoms with Gasteiger partial charge < -0.3 is 35.2 Å². The lowest BCUT2D eigenvalue weighted by Gasteiger charge is -2.31. The van der Waals surface area contributed by atoms with Crippen molar-refractivity contribution in [2.75, 3.05) is 24.7 Å². The smallest absolute Gasteiger partial charge is 0.327 e. The van der Waals surface area contributed by atoms with Gasteiger partial charge in [0.1, 0.15) is 6.04 Å². The molecule has 4 atom stereocenters. The molecule has 9 nitrogen and oxygen atoms in total. The van der Waals surface area contributed by atoms with E-state index in [0.717, 1.165) is 0 Å². The Bertz CT molecular complexity index is 476. The number of rotatable bonds is 12. The molecule has 0 radical (unpaired) electrons. The number of aliphatic carboxylic acids is 1. The summed E-state index contributed by atoms with van der Waals surface area (Å²) in [4.78, 5) is 23.3. The number of carbonyl (C=O) groups excluding carboxylic acids is 1. The van der Waals surface area contributed by atoms with Gasteiger partial charge in [-0.3, -0.25) is 4.79 Å². The Kier molecular flexibility index (Phi) is 10.6. The molecule has 2 unspecified atom stereocenters. The molecule has 0 saturated carbocycles. The van der Waals surface area contributed by atoms with E-state index in [1.54, 1.807) is 13.8 Å². The lowest BCUT2D eigenvalue weighted by molar-refractivity contribution is -0.190. The molecule has 1 saturated heterocycles. The maximum Gasteiger partial charge on any atom is 0.327 e. The van der Waals surface area contributed by atoms with E-state index in [9.17, 15) is 24.9 Å². The summed E-state index contributed by atoms with van der Waals surface area (Å²) < 4.78 is 10.8. The molecule has 0 aromatic heterocycles. The maximum absolute atomic E-state index is 12.0. The van der Waals surface area contributed by atoms with Crippen LogP contribution >= 0.6 is 11.8 Å². The van der Waals surface area contributed by atoms with Crippen LogP contribution in [0, 0.1) is 0 Å². The number of hydrogen-bond acceptors (Lipinski definition) is 8. The normalized spacial score (nSPS) is 24.4. The van der Waals surface area contributed by atoms with Gasteiger partial charge in [0.05, 0.1) is 30.8 Å². The summed E-state index contributed by atoms with van der Waals surface area (Å²) in [6, 6.07) is -1.07. The number of carboxylic acids is 1. The highest BCUT2D eigenvalue weighted by Crippen LogP contribution is 2.21. The van der Waals surface area contributed by atoms with Crippen LogP contribution in [-0.4, -0.2) is 87.2 Å². The van der Waals surface area contributed by atoms with Crippen LogP contribution in [0.15, 0.2) is 0 Å². The molecule has 0 aromatic rings. The summed E-state index contributed by atoms with van der Waals surface area (Å²) in [6.07, 6.45) is -0.925. The second-order valence-electron chi connectivity index (χ2n) is 7.10. The molecule has 1 aliphatic rings. The summed E-state index contributed by atoms with van der Waals surface area (Å²) in [7, 11) is 0. The van der Waals surface area contributed by atoms with E-state index in [4.69, 9.17) is 14.6 Å². The Balaban J connectivity index is 2.34. The zero-order valence-corrected chi connectivity index (χ0v) is 16.6. The molecule has 1 heterocycles.